The van der Waals surface area contributed by atoms with Crippen molar-refractivity contribution in [2.24, 2.45) is 0 Å². The lowest BCUT2D eigenvalue weighted by Gasteiger charge is -2.12. The number of aromatic nitrogens is 5. The molecule has 4 heterocycles. The van der Waals surface area contributed by atoms with Crippen molar-refractivity contribution >= 4 is 65.3 Å². The van der Waals surface area contributed by atoms with Crippen LogP contribution < -0.4 is 0 Å². The summed E-state index contributed by atoms with van der Waals surface area (Å²) in [5.74, 6) is 1.78. The van der Waals surface area contributed by atoms with Gasteiger partial charge in [-0.15, -0.1) is 0 Å². The zero-order valence-electron chi connectivity index (χ0n) is 27.7. The molecule has 0 fully saturated rings. The normalized spacial score (nSPS) is 11.8. The Bertz CT molecular complexity index is 3140. The fourth-order valence-electron chi connectivity index (χ4n) is 7.72. The highest BCUT2D eigenvalue weighted by molar-refractivity contribution is 6.12. The van der Waals surface area contributed by atoms with Gasteiger partial charge >= 0.3 is 0 Å². The molecule has 0 unspecified atom stereocenters. The highest BCUT2D eigenvalue weighted by atomic mass is 16.3. The number of fused-ring (bicyclic) bond motifs is 9. The Morgan fingerprint density at radius 2 is 1.08 bits per heavy atom. The molecule has 52 heavy (non-hydrogen) atoms. The first-order valence-corrected chi connectivity index (χ1v) is 17.3. The molecule has 0 amide bonds. The second-order valence-corrected chi connectivity index (χ2v) is 13.1. The molecule has 4 aromatic heterocycles. The Hall–Kier alpha value is -7.18. The van der Waals surface area contributed by atoms with Crippen LogP contribution in [0, 0.1) is 0 Å². The molecule has 0 radical (unpaired) electrons. The summed E-state index contributed by atoms with van der Waals surface area (Å²) in [5.41, 5.74) is 7.58. The third-order valence-electron chi connectivity index (χ3n) is 10.1. The fraction of sp³-hybridized carbons (Fsp3) is 0. The van der Waals surface area contributed by atoms with E-state index in [1.54, 1.807) is 12.4 Å². The SMILES string of the molecule is c1ccc2c(c1)ccc1ccc(-c3nc(-c4ccc(-n5c6ccccc6c6ccccc65)cc4)nc(-c4cccc5oc6cnccc6c45)n3)cc12. The third kappa shape index (κ3) is 4.38. The average Bonchev–Trinajstić information content (AvgIpc) is 3.77. The van der Waals surface area contributed by atoms with Crippen molar-refractivity contribution < 1.29 is 4.42 Å². The predicted molar refractivity (Wildman–Crippen MR) is 211 cm³/mol. The van der Waals surface area contributed by atoms with Gasteiger partial charge in [-0.25, -0.2) is 15.0 Å². The van der Waals surface area contributed by atoms with Crippen LogP contribution in [0.2, 0.25) is 0 Å². The van der Waals surface area contributed by atoms with Gasteiger partial charge in [-0.2, -0.15) is 0 Å². The molecule has 11 rings (SSSR count). The maximum atomic E-state index is 6.21. The lowest BCUT2D eigenvalue weighted by atomic mass is 9.99. The molecule has 0 spiro atoms. The van der Waals surface area contributed by atoms with Gasteiger partial charge in [0, 0.05) is 50.1 Å². The van der Waals surface area contributed by atoms with E-state index in [4.69, 9.17) is 19.4 Å². The van der Waals surface area contributed by atoms with Crippen molar-refractivity contribution in [2.45, 2.75) is 0 Å². The Balaban J connectivity index is 1.12. The monoisotopic (exact) mass is 665 g/mol. The van der Waals surface area contributed by atoms with E-state index in [0.29, 0.717) is 17.5 Å². The summed E-state index contributed by atoms with van der Waals surface area (Å²) in [5, 5.41) is 9.10. The van der Waals surface area contributed by atoms with Gasteiger partial charge in [-0.3, -0.25) is 4.98 Å². The second kappa shape index (κ2) is 11.2. The summed E-state index contributed by atoms with van der Waals surface area (Å²) in [6.45, 7) is 0. The molecule has 0 bridgehead atoms. The number of rotatable bonds is 4. The molecule has 0 saturated carbocycles. The number of pyridine rings is 1. The van der Waals surface area contributed by atoms with Crippen LogP contribution in [0.25, 0.3) is 105 Å². The number of benzene rings is 7. The number of furan rings is 1. The first-order chi connectivity index (χ1) is 25.8. The largest absolute Gasteiger partial charge is 0.454 e. The number of para-hydroxylation sites is 2. The Morgan fingerprint density at radius 3 is 1.87 bits per heavy atom. The van der Waals surface area contributed by atoms with Gasteiger partial charge in [0.05, 0.1) is 17.2 Å². The molecule has 0 atom stereocenters. The molecule has 0 aliphatic carbocycles. The molecular formula is C46H27N5O. The van der Waals surface area contributed by atoms with Crippen LogP contribution in [0.4, 0.5) is 0 Å². The summed E-state index contributed by atoms with van der Waals surface area (Å²) in [6, 6.07) is 52.9. The van der Waals surface area contributed by atoms with Crippen molar-refractivity contribution in [2.75, 3.05) is 0 Å². The molecule has 11 aromatic rings. The van der Waals surface area contributed by atoms with Gasteiger partial charge < -0.3 is 8.98 Å². The quantitative estimate of drug-likeness (QED) is 0.175. The molecule has 7 aromatic carbocycles. The van der Waals surface area contributed by atoms with Crippen LogP contribution in [-0.2, 0) is 0 Å². The maximum absolute atomic E-state index is 6.21. The molecule has 0 aliphatic heterocycles. The Labute approximate surface area is 297 Å². The lowest BCUT2D eigenvalue weighted by molar-refractivity contribution is 0.667. The van der Waals surface area contributed by atoms with E-state index in [9.17, 15) is 0 Å². The van der Waals surface area contributed by atoms with E-state index in [0.717, 1.165) is 49.7 Å². The number of hydrogen-bond donors (Lipinski definition) is 0. The van der Waals surface area contributed by atoms with Crippen LogP contribution in [0.5, 0.6) is 0 Å². The minimum Gasteiger partial charge on any atom is -0.454 e. The standard InChI is InChI=1S/C46H27N5O/c1-2-9-33-28(8-1)16-17-29-18-19-31(26-38(29)33)45-48-44(49-46(50-45)37-12-7-15-41-43(37)36-24-25-47-27-42(36)52-41)30-20-22-32(23-21-30)51-39-13-5-3-10-34(39)35-11-4-6-14-40(35)51/h1-27H. The van der Waals surface area contributed by atoms with Gasteiger partial charge in [0.15, 0.2) is 23.1 Å². The third-order valence-corrected chi connectivity index (χ3v) is 10.1. The molecule has 0 saturated heterocycles. The summed E-state index contributed by atoms with van der Waals surface area (Å²) in [7, 11) is 0. The number of nitrogens with zero attached hydrogens (tertiary/aromatic N) is 5. The Morgan fingerprint density at radius 1 is 0.442 bits per heavy atom. The molecule has 0 aliphatic rings. The molecule has 0 N–H and O–H groups in total. The van der Waals surface area contributed by atoms with Gasteiger partial charge in [-0.1, -0.05) is 97.1 Å². The molecule has 6 heteroatoms. The topological polar surface area (TPSA) is 69.6 Å². The zero-order chi connectivity index (χ0) is 34.2. The first-order valence-electron chi connectivity index (χ1n) is 17.3. The van der Waals surface area contributed by atoms with Crippen molar-refractivity contribution in [3.63, 3.8) is 0 Å². The molecule has 242 valence electrons. The summed E-state index contributed by atoms with van der Waals surface area (Å²) in [4.78, 5) is 19.8. The summed E-state index contributed by atoms with van der Waals surface area (Å²) in [6.07, 6.45) is 3.54. The Kier molecular flexibility index (Phi) is 6.15. The van der Waals surface area contributed by atoms with Crippen molar-refractivity contribution in [3.8, 4) is 39.9 Å². The lowest BCUT2D eigenvalue weighted by Crippen LogP contribution is -2.01. The highest BCUT2D eigenvalue weighted by Crippen LogP contribution is 2.37. The van der Waals surface area contributed by atoms with Crippen LogP contribution in [0.15, 0.2) is 168 Å². The van der Waals surface area contributed by atoms with Gasteiger partial charge in [0.2, 0.25) is 0 Å². The highest BCUT2D eigenvalue weighted by Gasteiger charge is 2.19. The zero-order valence-corrected chi connectivity index (χ0v) is 27.7. The van der Waals surface area contributed by atoms with E-state index in [1.807, 2.05) is 18.2 Å². The summed E-state index contributed by atoms with van der Waals surface area (Å²) >= 11 is 0. The number of hydrogen-bond acceptors (Lipinski definition) is 5. The van der Waals surface area contributed by atoms with Crippen molar-refractivity contribution in [3.05, 3.63) is 164 Å². The van der Waals surface area contributed by atoms with E-state index in [-0.39, 0.29) is 0 Å². The van der Waals surface area contributed by atoms with E-state index < -0.39 is 0 Å². The van der Waals surface area contributed by atoms with Gasteiger partial charge in [0.25, 0.3) is 0 Å². The van der Waals surface area contributed by atoms with Gasteiger partial charge in [0.1, 0.15) is 5.58 Å². The summed E-state index contributed by atoms with van der Waals surface area (Å²) < 4.78 is 8.52. The maximum Gasteiger partial charge on any atom is 0.164 e. The van der Waals surface area contributed by atoms with Crippen LogP contribution in [0.3, 0.4) is 0 Å². The average molecular weight is 666 g/mol. The van der Waals surface area contributed by atoms with Crippen LogP contribution >= 0.6 is 0 Å². The van der Waals surface area contributed by atoms with Crippen molar-refractivity contribution in [1.82, 2.24) is 24.5 Å². The van der Waals surface area contributed by atoms with Crippen LogP contribution in [0.1, 0.15) is 0 Å². The first kappa shape index (κ1) is 28.6. The van der Waals surface area contributed by atoms with E-state index in [2.05, 4.69) is 143 Å². The minimum absolute atomic E-state index is 0.578. The van der Waals surface area contributed by atoms with E-state index >= 15 is 0 Å². The molecular weight excluding hydrogens is 639 g/mol. The minimum atomic E-state index is 0.578. The fourth-order valence-corrected chi connectivity index (χ4v) is 7.72. The van der Waals surface area contributed by atoms with Gasteiger partial charge in [-0.05, 0) is 76.1 Å². The second-order valence-electron chi connectivity index (χ2n) is 13.1. The van der Waals surface area contributed by atoms with Crippen LogP contribution in [-0.4, -0.2) is 24.5 Å². The van der Waals surface area contributed by atoms with E-state index in [1.165, 1.54) is 38.0 Å². The molecule has 6 nitrogen and oxygen atoms in total. The van der Waals surface area contributed by atoms with Crippen molar-refractivity contribution in [1.29, 1.82) is 0 Å². The smallest absolute Gasteiger partial charge is 0.164 e. The predicted octanol–water partition coefficient (Wildman–Crippen LogP) is 11.6.